The van der Waals surface area contributed by atoms with Crippen LogP contribution in [0.5, 0.6) is 5.75 Å². The van der Waals surface area contributed by atoms with Gasteiger partial charge in [0.15, 0.2) is 0 Å². The lowest BCUT2D eigenvalue weighted by atomic mass is 10.0. The number of thiophene rings is 1. The molecule has 168 valence electrons. The topological polar surface area (TPSA) is 48.6 Å². The molecule has 0 radical (unpaired) electrons. The molecule has 1 aromatic heterocycles. The van der Waals surface area contributed by atoms with Gasteiger partial charge in [-0.1, -0.05) is 72.8 Å². The summed E-state index contributed by atoms with van der Waals surface area (Å²) in [4.78, 5) is 8.41. The molecule has 0 saturated carbocycles. The Morgan fingerprint density at radius 2 is 1.74 bits per heavy atom. The van der Waals surface area contributed by atoms with Crippen molar-refractivity contribution in [3.63, 3.8) is 0 Å². The van der Waals surface area contributed by atoms with Gasteiger partial charge in [0.2, 0.25) is 0 Å². The molecule has 1 aliphatic heterocycles. The fourth-order valence-corrected chi connectivity index (χ4v) is 5.37. The highest BCUT2D eigenvalue weighted by atomic mass is 32.1. The summed E-state index contributed by atoms with van der Waals surface area (Å²) in [5.74, 6) is 0.801. The zero-order valence-electron chi connectivity index (χ0n) is 18.9. The quantitative estimate of drug-likeness (QED) is 0.294. The first-order valence-electron chi connectivity index (χ1n) is 11.4. The van der Waals surface area contributed by atoms with E-state index in [4.69, 9.17) is 9.73 Å². The molecule has 3 aromatic carbocycles. The Labute approximate surface area is 204 Å². The Bertz CT molecular complexity index is 1320. The largest absolute Gasteiger partial charge is 0.489 e. The van der Waals surface area contributed by atoms with Gasteiger partial charge in [-0.3, -0.25) is 4.90 Å². The predicted octanol–water partition coefficient (Wildman–Crippen LogP) is 6.51. The van der Waals surface area contributed by atoms with E-state index in [0.29, 0.717) is 6.61 Å². The summed E-state index contributed by atoms with van der Waals surface area (Å²) in [6, 6.07) is 31.0. The van der Waals surface area contributed by atoms with Crippen molar-refractivity contribution in [1.82, 2.24) is 4.90 Å². The van der Waals surface area contributed by atoms with Crippen molar-refractivity contribution in [2.75, 3.05) is 6.54 Å². The van der Waals surface area contributed by atoms with Crippen LogP contribution in [-0.4, -0.2) is 17.7 Å². The maximum absolute atomic E-state index is 9.83. The Morgan fingerprint density at radius 3 is 2.50 bits per heavy atom. The average molecular weight is 464 g/mol. The van der Waals surface area contributed by atoms with E-state index in [9.17, 15) is 5.26 Å². The standard InChI is InChI=1S/C29H25N3OS/c30-17-27-26-14-15-32(19-22-8-3-1-4-9-22)20-28(26)34-29(27)31-18-24-12-7-13-25(16-24)33-21-23-10-5-2-6-11-23/h1-13,16,18H,14-15,19-21H2. The van der Waals surface area contributed by atoms with E-state index in [1.54, 1.807) is 11.3 Å². The lowest BCUT2D eigenvalue weighted by Gasteiger charge is -2.26. The predicted molar refractivity (Wildman–Crippen MR) is 138 cm³/mol. The first-order valence-corrected chi connectivity index (χ1v) is 12.2. The Hall–Kier alpha value is -3.72. The molecule has 2 heterocycles. The Kier molecular flexibility index (Phi) is 6.81. The fraction of sp³-hybridized carbons (Fsp3) is 0.172. The third-order valence-electron chi connectivity index (χ3n) is 5.92. The van der Waals surface area contributed by atoms with Crippen LogP contribution in [0.15, 0.2) is 89.9 Å². The molecule has 0 unspecified atom stereocenters. The molecule has 5 heteroatoms. The Morgan fingerprint density at radius 1 is 0.971 bits per heavy atom. The van der Waals surface area contributed by atoms with Crippen molar-refractivity contribution in [2.45, 2.75) is 26.1 Å². The summed E-state index contributed by atoms with van der Waals surface area (Å²) < 4.78 is 5.94. The molecule has 34 heavy (non-hydrogen) atoms. The molecule has 0 spiro atoms. The van der Waals surface area contributed by atoms with Gasteiger partial charge in [0.25, 0.3) is 0 Å². The van der Waals surface area contributed by atoms with Gasteiger partial charge in [0.1, 0.15) is 23.4 Å². The SMILES string of the molecule is N#Cc1c(N=Cc2cccc(OCc3ccccc3)c2)sc2c1CCN(Cc1ccccc1)C2. The first kappa shape index (κ1) is 22.1. The summed E-state index contributed by atoms with van der Waals surface area (Å²) in [6.45, 7) is 3.27. The summed E-state index contributed by atoms with van der Waals surface area (Å²) >= 11 is 1.64. The van der Waals surface area contributed by atoms with Gasteiger partial charge in [0, 0.05) is 30.7 Å². The molecule has 0 N–H and O–H groups in total. The van der Waals surface area contributed by atoms with Crippen molar-refractivity contribution < 1.29 is 4.74 Å². The molecule has 0 atom stereocenters. The molecule has 0 saturated heterocycles. The zero-order valence-corrected chi connectivity index (χ0v) is 19.7. The third kappa shape index (κ3) is 5.26. The van der Waals surface area contributed by atoms with Crippen LogP contribution in [0.3, 0.4) is 0 Å². The van der Waals surface area contributed by atoms with Crippen LogP contribution < -0.4 is 4.74 Å². The molecule has 1 aliphatic rings. The highest BCUT2D eigenvalue weighted by Crippen LogP contribution is 2.38. The van der Waals surface area contributed by atoms with Crippen molar-refractivity contribution in [3.05, 3.63) is 118 Å². The number of benzene rings is 3. The van der Waals surface area contributed by atoms with Gasteiger partial charge in [0.05, 0.1) is 5.56 Å². The van der Waals surface area contributed by atoms with E-state index in [0.717, 1.165) is 53.5 Å². The van der Waals surface area contributed by atoms with Gasteiger partial charge >= 0.3 is 0 Å². The molecule has 0 fully saturated rings. The minimum absolute atomic E-state index is 0.525. The summed E-state index contributed by atoms with van der Waals surface area (Å²) in [5.41, 5.74) is 5.30. The number of ether oxygens (including phenoxy) is 1. The minimum Gasteiger partial charge on any atom is -0.489 e. The molecule has 0 bridgehead atoms. The second-order valence-corrected chi connectivity index (χ2v) is 9.43. The first-order chi connectivity index (χ1) is 16.8. The summed E-state index contributed by atoms with van der Waals surface area (Å²) in [6.07, 6.45) is 2.72. The molecule has 0 amide bonds. The maximum Gasteiger partial charge on any atom is 0.134 e. The lowest BCUT2D eigenvalue weighted by molar-refractivity contribution is 0.249. The van der Waals surface area contributed by atoms with E-state index in [1.165, 1.54) is 16.0 Å². The number of aliphatic imine (C=N–C) groups is 1. The number of rotatable bonds is 7. The van der Waals surface area contributed by atoms with Crippen LogP contribution in [0.2, 0.25) is 0 Å². The molecule has 4 nitrogen and oxygen atoms in total. The van der Waals surface area contributed by atoms with Crippen LogP contribution in [0, 0.1) is 11.3 Å². The number of nitriles is 1. The second-order valence-electron chi connectivity index (χ2n) is 8.35. The summed E-state index contributed by atoms with van der Waals surface area (Å²) in [5, 5.41) is 10.6. The molecular weight excluding hydrogens is 438 g/mol. The van der Waals surface area contributed by atoms with E-state index in [2.05, 4.69) is 35.2 Å². The number of hydrogen-bond donors (Lipinski definition) is 0. The van der Waals surface area contributed by atoms with Crippen LogP contribution in [0.4, 0.5) is 5.00 Å². The van der Waals surface area contributed by atoms with Gasteiger partial charge in [-0.25, -0.2) is 4.99 Å². The van der Waals surface area contributed by atoms with Crippen molar-refractivity contribution in [3.8, 4) is 11.8 Å². The smallest absolute Gasteiger partial charge is 0.134 e. The van der Waals surface area contributed by atoms with E-state index in [-0.39, 0.29) is 0 Å². The number of nitrogens with zero attached hydrogens (tertiary/aromatic N) is 3. The molecule has 4 aromatic rings. The molecular formula is C29H25N3OS. The maximum atomic E-state index is 9.83. The van der Waals surface area contributed by atoms with Gasteiger partial charge in [-0.15, -0.1) is 11.3 Å². The zero-order chi connectivity index (χ0) is 23.2. The number of hydrogen-bond acceptors (Lipinski definition) is 5. The number of fused-ring (bicyclic) bond motifs is 1. The van der Waals surface area contributed by atoms with E-state index < -0.39 is 0 Å². The van der Waals surface area contributed by atoms with Crippen LogP contribution in [0.1, 0.15) is 32.7 Å². The van der Waals surface area contributed by atoms with Crippen molar-refractivity contribution >= 4 is 22.6 Å². The molecule has 5 rings (SSSR count). The van der Waals surface area contributed by atoms with Crippen molar-refractivity contribution in [1.29, 1.82) is 5.26 Å². The average Bonchev–Trinajstić information content (AvgIpc) is 3.24. The van der Waals surface area contributed by atoms with Crippen LogP contribution in [-0.2, 0) is 26.1 Å². The van der Waals surface area contributed by atoms with Gasteiger partial charge in [-0.2, -0.15) is 5.26 Å². The third-order valence-corrected chi connectivity index (χ3v) is 7.04. The van der Waals surface area contributed by atoms with Crippen LogP contribution >= 0.6 is 11.3 Å². The van der Waals surface area contributed by atoms with Gasteiger partial charge in [-0.05, 0) is 40.8 Å². The fourth-order valence-electron chi connectivity index (χ4n) is 4.18. The second kappa shape index (κ2) is 10.5. The lowest BCUT2D eigenvalue weighted by Crippen LogP contribution is -2.29. The highest BCUT2D eigenvalue weighted by Gasteiger charge is 2.24. The molecule has 0 aliphatic carbocycles. The summed E-state index contributed by atoms with van der Waals surface area (Å²) in [7, 11) is 0. The normalized spacial score (nSPS) is 13.5. The van der Waals surface area contributed by atoms with E-state index >= 15 is 0 Å². The highest BCUT2D eigenvalue weighted by molar-refractivity contribution is 7.16. The monoisotopic (exact) mass is 463 g/mol. The minimum atomic E-state index is 0.525. The van der Waals surface area contributed by atoms with E-state index in [1.807, 2.05) is 66.9 Å². The van der Waals surface area contributed by atoms with Crippen LogP contribution in [0.25, 0.3) is 0 Å². The van der Waals surface area contributed by atoms with Crippen molar-refractivity contribution in [2.24, 2.45) is 4.99 Å². The Balaban J connectivity index is 1.29. The van der Waals surface area contributed by atoms with Gasteiger partial charge < -0.3 is 4.74 Å².